The second-order valence-electron chi connectivity index (χ2n) is 8.68. The van der Waals surface area contributed by atoms with E-state index in [0.717, 1.165) is 29.8 Å². The molecule has 3 aromatic rings. The second kappa shape index (κ2) is 10.9. The molecule has 0 bridgehead atoms. The number of hydrogen-bond donors (Lipinski definition) is 3. The number of rotatable bonds is 10. The van der Waals surface area contributed by atoms with Crippen LogP contribution in [0.25, 0.3) is 0 Å². The number of carbonyl (C=O) groups excluding carboxylic acids is 2. The first kappa shape index (κ1) is 24.1. The number of hydrogen-bond acceptors (Lipinski definition) is 6. The Morgan fingerprint density at radius 2 is 1.71 bits per heavy atom. The summed E-state index contributed by atoms with van der Waals surface area (Å²) in [6, 6.07) is 23.7. The molecule has 4 N–H and O–H groups in total. The molecule has 0 aromatic heterocycles. The zero-order valence-electron chi connectivity index (χ0n) is 19.9. The van der Waals surface area contributed by atoms with Crippen molar-refractivity contribution >= 4 is 28.9 Å². The van der Waals surface area contributed by atoms with Crippen molar-refractivity contribution in [3.8, 4) is 0 Å². The average Bonchev–Trinajstić information content (AvgIpc) is 3.19. The van der Waals surface area contributed by atoms with Gasteiger partial charge in [-0.25, -0.2) is 5.43 Å². The lowest BCUT2D eigenvalue weighted by atomic mass is 10.0. The first-order chi connectivity index (χ1) is 16.9. The Morgan fingerprint density at radius 3 is 2.37 bits per heavy atom. The lowest BCUT2D eigenvalue weighted by Crippen LogP contribution is -2.46. The highest BCUT2D eigenvalue weighted by molar-refractivity contribution is 6.24. The van der Waals surface area contributed by atoms with Gasteiger partial charge >= 0.3 is 0 Å². The first-order valence-electron chi connectivity index (χ1n) is 11.6. The molecule has 8 heteroatoms. The van der Waals surface area contributed by atoms with Crippen molar-refractivity contribution in [3.63, 3.8) is 0 Å². The number of hydrazine groups is 1. The minimum atomic E-state index is -0.703. The van der Waals surface area contributed by atoms with Crippen LogP contribution < -0.4 is 21.6 Å². The van der Waals surface area contributed by atoms with E-state index in [-0.39, 0.29) is 5.91 Å². The number of primary amides is 1. The summed E-state index contributed by atoms with van der Waals surface area (Å²) < 4.78 is 0. The van der Waals surface area contributed by atoms with Crippen molar-refractivity contribution in [3.05, 3.63) is 95.6 Å². The van der Waals surface area contributed by atoms with Crippen molar-refractivity contribution in [1.29, 1.82) is 0 Å². The fourth-order valence-electron chi connectivity index (χ4n) is 4.02. The van der Waals surface area contributed by atoms with Gasteiger partial charge in [0, 0.05) is 16.8 Å². The molecule has 1 atom stereocenters. The number of amides is 2. The Bertz CT molecular complexity index is 1210. The average molecular weight is 471 g/mol. The van der Waals surface area contributed by atoms with E-state index in [4.69, 9.17) is 10.8 Å². The van der Waals surface area contributed by atoms with Gasteiger partial charge < -0.3 is 16.1 Å². The second-order valence-corrected chi connectivity index (χ2v) is 8.68. The molecule has 0 fully saturated rings. The van der Waals surface area contributed by atoms with E-state index >= 15 is 0 Å². The molecule has 1 aliphatic rings. The van der Waals surface area contributed by atoms with Crippen molar-refractivity contribution in [2.24, 2.45) is 10.8 Å². The van der Waals surface area contributed by atoms with Crippen molar-refractivity contribution in [2.75, 3.05) is 31.1 Å². The third-order valence-corrected chi connectivity index (χ3v) is 5.79. The highest BCUT2D eigenvalue weighted by Crippen LogP contribution is 2.27. The van der Waals surface area contributed by atoms with E-state index in [1.807, 2.05) is 80.8 Å². The Morgan fingerprint density at radius 1 is 1.03 bits per heavy atom. The number of benzene rings is 3. The van der Waals surface area contributed by atoms with Crippen LogP contribution in [0, 0.1) is 0 Å². The molecule has 35 heavy (non-hydrogen) atoms. The van der Waals surface area contributed by atoms with Gasteiger partial charge in [-0.15, -0.1) is 0 Å². The molecule has 1 aliphatic heterocycles. The third kappa shape index (κ3) is 5.74. The molecule has 2 amide bonds. The predicted octanol–water partition coefficient (Wildman–Crippen LogP) is 3.02. The Labute approximate surface area is 205 Å². The van der Waals surface area contributed by atoms with Gasteiger partial charge in [0.05, 0.1) is 11.4 Å². The lowest BCUT2D eigenvalue weighted by molar-refractivity contribution is -0.118. The van der Waals surface area contributed by atoms with E-state index in [1.54, 1.807) is 12.1 Å². The zero-order chi connectivity index (χ0) is 24.8. The van der Waals surface area contributed by atoms with Crippen molar-refractivity contribution in [2.45, 2.75) is 18.9 Å². The molecule has 0 saturated heterocycles. The van der Waals surface area contributed by atoms with Crippen LogP contribution in [0.2, 0.25) is 0 Å². The Hall–Kier alpha value is -4.01. The van der Waals surface area contributed by atoms with Crippen LogP contribution in [0.1, 0.15) is 27.9 Å². The molecular weight excluding hydrogens is 440 g/mol. The molecule has 8 nitrogen and oxygen atoms in total. The number of anilines is 2. The van der Waals surface area contributed by atoms with Gasteiger partial charge in [-0.05, 0) is 69.4 Å². The van der Waals surface area contributed by atoms with Gasteiger partial charge in [0.1, 0.15) is 0 Å². The van der Waals surface area contributed by atoms with Crippen LogP contribution in [0.4, 0.5) is 11.4 Å². The van der Waals surface area contributed by atoms with Gasteiger partial charge in [0.2, 0.25) is 5.91 Å². The standard InChI is InChI=1S/C27H30N6O2/c1-32(2)17-9-12-20-18-22(15-16-23(20)26(28)34)33-27(35)25(30-29-21-13-7-4-8-14-21)24(31-33)19-10-5-3-6-11-19/h3-8,10-11,13-16,18,25,29-30H,9,12,17H2,1-2H3,(H2,28,34). The quantitative estimate of drug-likeness (QED) is 0.395. The number of nitrogens with two attached hydrogens (primary N) is 1. The van der Waals surface area contributed by atoms with Gasteiger partial charge in [0.25, 0.3) is 5.91 Å². The van der Waals surface area contributed by atoms with Crippen LogP contribution in [-0.4, -0.2) is 49.1 Å². The molecule has 3 aromatic carbocycles. The first-order valence-corrected chi connectivity index (χ1v) is 11.6. The van der Waals surface area contributed by atoms with E-state index in [9.17, 15) is 9.59 Å². The summed E-state index contributed by atoms with van der Waals surface area (Å²) in [6.07, 6.45) is 1.52. The molecule has 180 valence electrons. The van der Waals surface area contributed by atoms with Crippen LogP contribution >= 0.6 is 0 Å². The Kier molecular flexibility index (Phi) is 7.54. The third-order valence-electron chi connectivity index (χ3n) is 5.79. The van der Waals surface area contributed by atoms with E-state index < -0.39 is 11.9 Å². The van der Waals surface area contributed by atoms with Crippen LogP contribution in [0.3, 0.4) is 0 Å². The van der Waals surface area contributed by atoms with E-state index in [2.05, 4.69) is 15.8 Å². The van der Waals surface area contributed by atoms with Crippen LogP contribution in [-0.2, 0) is 11.2 Å². The lowest BCUT2D eigenvalue weighted by Gasteiger charge is -2.18. The van der Waals surface area contributed by atoms with Crippen molar-refractivity contribution < 1.29 is 9.59 Å². The normalized spacial score (nSPS) is 15.4. The number of nitrogens with one attached hydrogen (secondary N) is 2. The monoisotopic (exact) mass is 470 g/mol. The van der Waals surface area contributed by atoms with E-state index in [1.165, 1.54) is 5.01 Å². The molecule has 0 radical (unpaired) electrons. The highest BCUT2D eigenvalue weighted by atomic mass is 16.2. The summed E-state index contributed by atoms with van der Waals surface area (Å²) in [4.78, 5) is 27.7. The topological polar surface area (TPSA) is 103 Å². The summed E-state index contributed by atoms with van der Waals surface area (Å²) >= 11 is 0. The molecule has 0 aliphatic carbocycles. The predicted molar refractivity (Wildman–Crippen MR) is 139 cm³/mol. The summed E-state index contributed by atoms with van der Waals surface area (Å²) in [7, 11) is 4.01. The van der Waals surface area contributed by atoms with Crippen LogP contribution in [0.5, 0.6) is 0 Å². The SMILES string of the molecule is CN(C)CCCc1cc(N2N=C(c3ccccc3)C(NNc3ccccc3)C2=O)ccc1C(N)=O. The minimum absolute atomic E-state index is 0.224. The van der Waals surface area contributed by atoms with Gasteiger partial charge in [-0.3, -0.25) is 9.59 Å². The number of para-hydroxylation sites is 1. The summed E-state index contributed by atoms with van der Waals surface area (Å²) in [5, 5.41) is 6.10. The number of aryl methyl sites for hydroxylation is 1. The molecule has 4 rings (SSSR count). The molecule has 0 spiro atoms. The maximum absolute atomic E-state index is 13.6. The minimum Gasteiger partial charge on any atom is -0.366 e. The van der Waals surface area contributed by atoms with Gasteiger partial charge in [0.15, 0.2) is 6.04 Å². The fourth-order valence-corrected chi connectivity index (χ4v) is 4.02. The zero-order valence-corrected chi connectivity index (χ0v) is 19.9. The highest BCUT2D eigenvalue weighted by Gasteiger charge is 2.37. The summed E-state index contributed by atoms with van der Waals surface area (Å²) in [5.74, 6) is -0.706. The van der Waals surface area contributed by atoms with Crippen LogP contribution in [0.15, 0.2) is 84.0 Å². The fraction of sp³-hybridized carbons (Fsp3) is 0.222. The van der Waals surface area contributed by atoms with Gasteiger partial charge in [-0.2, -0.15) is 10.1 Å². The molecule has 1 unspecified atom stereocenters. The molecular formula is C27H30N6O2. The maximum atomic E-state index is 13.6. The van der Waals surface area contributed by atoms with Gasteiger partial charge in [-0.1, -0.05) is 48.5 Å². The summed E-state index contributed by atoms with van der Waals surface area (Å²) in [6.45, 7) is 0.874. The number of nitrogens with zero attached hydrogens (tertiary/aromatic N) is 3. The van der Waals surface area contributed by atoms with E-state index in [0.29, 0.717) is 23.4 Å². The number of hydrazone groups is 1. The maximum Gasteiger partial charge on any atom is 0.272 e. The smallest absolute Gasteiger partial charge is 0.272 e. The number of carbonyl (C=O) groups is 2. The summed E-state index contributed by atoms with van der Waals surface area (Å²) in [5.41, 5.74) is 16.0. The molecule has 1 heterocycles. The molecule has 0 saturated carbocycles. The Balaban J connectivity index is 1.64. The van der Waals surface area contributed by atoms with Crippen molar-refractivity contribution in [1.82, 2.24) is 10.3 Å². The largest absolute Gasteiger partial charge is 0.366 e.